The number of carboxylic acids is 2. The molecule has 0 spiro atoms. The van der Waals surface area contributed by atoms with Crippen LogP contribution < -0.4 is 70.2 Å². The van der Waals surface area contributed by atoms with Crippen molar-refractivity contribution in [1.29, 1.82) is 0 Å². The molecule has 3 fully saturated rings. The zero-order valence-electron chi connectivity index (χ0n) is 76.5. The molecule has 8 rings (SSSR count). The molecule has 15 atom stereocenters. The number of aliphatic hydroxyl groups excluding tert-OH is 1. The number of unbranched alkanes of at least 4 members (excludes halogenated alkanes) is 3. The summed E-state index contributed by atoms with van der Waals surface area (Å²) in [4.78, 5) is 286. The largest absolute Gasteiger partial charge is 0.497 e. The third-order valence-electron chi connectivity index (χ3n) is 24.5. The van der Waals surface area contributed by atoms with Crippen LogP contribution in [0.15, 0.2) is 85.2 Å². The topological polar surface area (TPSA) is 642 Å². The van der Waals surface area contributed by atoms with E-state index in [0.29, 0.717) is 63.5 Å². The van der Waals surface area contributed by atoms with Gasteiger partial charge in [-0.25, -0.2) is 0 Å². The Balaban J connectivity index is 1.20. The molecule has 134 heavy (non-hydrogen) atoms. The summed E-state index contributed by atoms with van der Waals surface area (Å²) in [6, 6.07) is -0.315. The van der Waals surface area contributed by atoms with Crippen LogP contribution >= 0.6 is 11.8 Å². The van der Waals surface area contributed by atoms with E-state index in [0.717, 1.165) is 36.3 Å². The molecule has 42 nitrogen and oxygen atoms in total. The second-order valence-corrected chi connectivity index (χ2v) is 35.2. The van der Waals surface area contributed by atoms with Crippen LogP contribution in [0.3, 0.4) is 0 Å². The Bertz CT molecular complexity index is 5050. The number of benzene rings is 3. The molecule has 0 saturated carbocycles. The molecule has 0 bridgehead atoms. The van der Waals surface area contributed by atoms with Crippen molar-refractivity contribution in [2.75, 3.05) is 65.9 Å². The van der Waals surface area contributed by atoms with E-state index in [2.05, 4.69) is 52.5 Å². The van der Waals surface area contributed by atoms with Crippen molar-refractivity contribution >= 4 is 146 Å². The lowest BCUT2D eigenvalue weighted by atomic mass is 9.91. The Morgan fingerprint density at radius 1 is 0.507 bits per heavy atom. The van der Waals surface area contributed by atoms with Crippen LogP contribution in [-0.4, -0.2) is 312 Å². The molecule has 21 N–H and O–H groups in total. The molecular weight excluding hydrogens is 1760 g/mol. The molecule has 3 aromatic carbocycles. The number of para-hydroxylation sites is 2. The summed E-state index contributed by atoms with van der Waals surface area (Å²) in [7, 11) is 5.22. The van der Waals surface area contributed by atoms with E-state index >= 15 is 33.6 Å². The minimum atomic E-state index is -1.82. The SMILES string of the molecule is CCCC[C@H]1C(=O)N(C)[C@@H](CCCC)C(=O)N[C@@H](CCC(=O)O)C(=O)N[C@H](C(=O)CCC(N)=O)CSCC(=O)N[C@@H](Cc2ccc(OC)cc2)C(=O)N(C)[C@@H](C)C(=O)N[C@@H](CC(N)=O)C(=O)N2CCC[C@H]2C(=O)N[C@@H](CN)C(=O)N[C@@H](CCCCN)C(=O)N2C[C@H](O)C[C@H]2C(=O)N[C@@H](Cc2c[nH]c3ccccc23)C(=O)C[C@@H](CC(=O)O)C(=O)N[C@@H](Cc2c[nH]c3ccccc23)C(=O)N1C. The number of ketones is 2. The van der Waals surface area contributed by atoms with Gasteiger partial charge in [0, 0.05) is 132 Å². The van der Waals surface area contributed by atoms with Gasteiger partial charge in [-0.05, 0) is 106 Å². The summed E-state index contributed by atoms with van der Waals surface area (Å²) in [5.74, 6) is -21.7. The second kappa shape index (κ2) is 51.4. The number of aromatic amines is 2. The molecular formula is C91H127N19O23S. The molecule has 15 amide bonds. The number of primary amides is 2. The second-order valence-electron chi connectivity index (χ2n) is 34.2. The Hall–Kier alpha value is -12.9. The van der Waals surface area contributed by atoms with Crippen molar-refractivity contribution < 1.29 is 111 Å². The Labute approximate surface area is 779 Å². The fraction of sp³-hybridized carbons (Fsp3) is 0.549. The number of carbonyl (C=O) groups is 19. The van der Waals surface area contributed by atoms with Crippen LogP contribution in [-0.2, 0) is 110 Å². The molecule has 0 unspecified atom stereocenters. The maximum atomic E-state index is 15.8. The van der Waals surface area contributed by atoms with Crippen molar-refractivity contribution in [3.63, 3.8) is 0 Å². The monoisotopic (exact) mass is 1890 g/mol. The first-order valence-corrected chi connectivity index (χ1v) is 46.2. The zero-order valence-corrected chi connectivity index (χ0v) is 77.3. The van der Waals surface area contributed by atoms with E-state index < -0.39 is 279 Å². The average molecular weight is 1890 g/mol. The number of nitrogens with one attached hydrogen (secondary N) is 10. The van der Waals surface area contributed by atoms with Gasteiger partial charge >= 0.3 is 11.9 Å². The molecule has 2 aromatic heterocycles. The number of fused-ring (bicyclic) bond motifs is 4. The van der Waals surface area contributed by atoms with Crippen molar-refractivity contribution in [3.8, 4) is 5.75 Å². The number of carboxylic acid groups (broad SMARTS) is 2. The highest BCUT2D eigenvalue weighted by molar-refractivity contribution is 8.00. The van der Waals surface area contributed by atoms with Gasteiger partial charge in [0.05, 0.1) is 49.8 Å². The van der Waals surface area contributed by atoms with Gasteiger partial charge in [-0.2, -0.15) is 0 Å². The van der Waals surface area contributed by atoms with Gasteiger partial charge in [0.2, 0.25) is 88.6 Å². The van der Waals surface area contributed by atoms with E-state index in [9.17, 15) is 72.9 Å². The number of thioether (sulfide) groups is 1. The van der Waals surface area contributed by atoms with Crippen LogP contribution in [0.1, 0.15) is 159 Å². The lowest BCUT2D eigenvalue weighted by molar-refractivity contribution is -0.150. The molecule has 0 aliphatic carbocycles. The number of H-pyrrole nitrogens is 2. The quantitative estimate of drug-likeness (QED) is 0.0252. The van der Waals surface area contributed by atoms with Crippen LogP contribution in [0, 0.1) is 5.92 Å². The third-order valence-corrected chi connectivity index (χ3v) is 25.5. The van der Waals surface area contributed by atoms with E-state index in [4.69, 9.17) is 27.7 Å². The standard InChI is InChI=1S/C91H127N19O23S/c1-8-10-24-69-84(125)99-61(31-34-78(117)118)82(123)105-68(73(112)32-33-75(94)114)48-134-49-77(116)98-64(37-51-27-29-56(133-7)30-28-51)87(128)106(4)50(3)80(121)102-66(43-76(95)115)90(131)109-36-18-26-70(109)85(126)104-67(44-93)83(124)100-62(23-16-17-35-92)89(130)110-47-55(111)42-72(110)86(127)101-63(38-53-45-96-59-21-14-12-19-57(53)59)74(113)40-52(41-79(119)120)81(122)103-65(39-54-46-97-60-22-15-13-20-58(54)60)88(129)108(6)71(25-11-9-2)91(132)107(69)5/h12-15,19-22,27-30,45-46,50,52,55,61-72,96-97,111H,8-11,16-18,23-26,31-44,47-49,92-93H2,1-7H3,(H2,94,114)(H2,95,115)(H,98,116)(H,99,125)(H,100,124)(H,101,127)(H,102,121)(H,103,122)(H,104,126)(H,105,123)(H,117,118)(H,119,120)/t50-,52-,55+,61-,62-,63-,64-,65-,66-,67-,68-,69-,70-,71-,72-/m0/s1. The number of ether oxygens (including phenoxy) is 1. The van der Waals surface area contributed by atoms with Crippen LogP contribution in [0.4, 0.5) is 0 Å². The predicted molar refractivity (Wildman–Crippen MR) is 490 cm³/mol. The number of carbonyl (C=O) groups excluding carboxylic acids is 17. The average Bonchev–Trinajstić information content (AvgIpc) is 1.39. The van der Waals surface area contributed by atoms with Crippen molar-refractivity contribution in [3.05, 3.63) is 102 Å². The maximum absolute atomic E-state index is 15.8. The zero-order chi connectivity index (χ0) is 98.3. The first kappa shape index (κ1) is 106. The van der Waals surface area contributed by atoms with Crippen LogP contribution in [0.25, 0.3) is 21.8 Å². The minimum absolute atomic E-state index is 0.0333. The molecule has 43 heteroatoms. The number of amides is 15. The normalized spacial score (nSPS) is 24.9. The van der Waals surface area contributed by atoms with Gasteiger partial charge in [0.15, 0.2) is 11.6 Å². The Morgan fingerprint density at radius 2 is 1.06 bits per heavy atom. The summed E-state index contributed by atoms with van der Waals surface area (Å²) in [5.41, 5.74) is 25.8. The molecule has 3 aliphatic heterocycles. The molecule has 5 heterocycles. The van der Waals surface area contributed by atoms with E-state index in [1.807, 2.05) is 6.92 Å². The van der Waals surface area contributed by atoms with Gasteiger partial charge in [-0.15, -0.1) is 11.8 Å². The molecule has 3 saturated heterocycles. The summed E-state index contributed by atoms with van der Waals surface area (Å²) >= 11 is 0.756. The van der Waals surface area contributed by atoms with Crippen molar-refractivity contribution in [2.24, 2.45) is 28.9 Å². The molecule has 730 valence electrons. The number of hydrogen-bond donors (Lipinski definition) is 17. The number of aliphatic carboxylic acids is 2. The highest BCUT2D eigenvalue weighted by Crippen LogP contribution is 2.29. The number of rotatable bonds is 29. The minimum Gasteiger partial charge on any atom is -0.497 e. The smallest absolute Gasteiger partial charge is 0.304 e. The Kier molecular flexibility index (Phi) is 40.8. The van der Waals surface area contributed by atoms with Gasteiger partial charge in [-0.1, -0.05) is 88.1 Å². The number of methoxy groups -OCH3 is 1. The maximum Gasteiger partial charge on any atom is 0.304 e. The van der Waals surface area contributed by atoms with Crippen molar-refractivity contribution in [2.45, 2.75) is 247 Å². The fourth-order valence-electron chi connectivity index (χ4n) is 16.7. The highest BCUT2D eigenvalue weighted by atomic mass is 32.2. The highest BCUT2D eigenvalue weighted by Gasteiger charge is 2.47. The number of hydrogen-bond acceptors (Lipinski definition) is 24. The summed E-state index contributed by atoms with van der Waals surface area (Å²) in [5, 5.41) is 54.2. The molecule has 5 aromatic rings. The van der Waals surface area contributed by atoms with E-state index in [1.165, 1.54) is 35.2 Å². The number of nitrogens with two attached hydrogens (primary N) is 4. The van der Waals surface area contributed by atoms with Gasteiger partial charge in [0.1, 0.15) is 72.2 Å². The summed E-state index contributed by atoms with van der Waals surface area (Å²) in [6.07, 6.45) is -2.98. The predicted octanol–water partition coefficient (Wildman–Crippen LogP) is -1.14. The number of Topliss-reactive ketones (excluding diaryl/α,β-unsaturated/α-hetero) is 2. The summed E-state index contributed by atoms with van der Waals surface area (Å²) in [6.45, 7) is 3.76. The van der Waals surface area contributed by atoms with Crippen molar-refractivity contribution in [1.82, 2.24) is 77.0 Å². The van der Waals surface area contributed by atoms with Gasteiger partial charge < -0.3 is 120 Å². The number of aromatic nitrogens is 2. The first-order chi connectivity index (χ1) is 63.8. The molecule has 0 radical (unpaired) electrons. The fourth-order valence-corrected chi connectivity index (χ4v) is 17.6. The first-order valence-electron chi connectivity index (χ1n) is 45.1. The van der Waals surface area contributed by atoms with E-state index in [-0.39, 0.29) is 83.7 Å². The number of likely N-dealkylation sites (N-methyl/N-ethyl adjacent to an activating group) is 3. The third kappa shape index (κ3) is 29.8. The van der Waals surface area contributed by atoms with E-state index in [1.54, 1.807) is 92.1 Å². The lowest BCUT2D eigenvalue weighted by Gasteiger charge is -2.36. The number of aliphatic hydroxyl groups is 1. The van der Waals surface area contributed by atoms with Gasteiger partial charge in [0.25, 0.3) is 0 Å². The summed E-state index contributed by atoms with van der Waals surface area (Å²) < 4.78 is 5.33. The molecule has 3 aliphatic rings. The van der Waals surface area contributed by atoms with Crippen LogP contribution in [0.2, 0.25) is 0 Å². The Morgan fingerprint density at radius 3 is 1.66 bits per heavy atom. The van der Waals surface area contributed by atoms with Gasteiger partial charge in [-0.3, -0.25) is 91.1 Å². The lowest BCUT2D eigenvalue weighted by Crippen LogP contribution is -2.61. The number of nitrogens with zero attached hydrogens (tertiary/aromatic N) is 5. The van der Waals surface area contributed by atoms with Crippen LogP contribution in [0.5, 0.6) is 5.75 Å².